The molecule has 2 N–H and O–H groups in total. The zero-order chi connectivity index (χ0) is 13.8. The highest BCUT2D eigenvalue weighted by Crippen LogP contribution is 2.65. The maximum absolute atomic E-state index is 12.5. The lowest BCUT2D eigenvalue weighted by molar-refractivity contribution is -0.127. The second-order valence-corrected chi connectivity index (χ2v) is 7.91. The first-order valence-electron chi connectivity index (χ1n) is 7.87. The predicted octanol–water partition coefficient (Wildman–Crippen LogP) is 2.17. The Labute approximate surface area is 116 Å². The van der Waals surface area contributed by atoms with Gasteiger partial charge in [0.05, 0.1) is 5.92 Å². The van der Waals surface area contributed by atoms with Crippen molar-refractivity contribution in [3.8, 4) is 0 Å². The third-order valence-corrected chi connectivity index (χ3v) is 6.96. The standard InChI is InChI=1S/C16H28N2O/c1-10-8-17-9-12(10)14(19)18-13-7-11-5-6-16(13,4)15(11,2)3/h10-13,17H,5-9H2,1-4H3,(H,18,19)/t10-,11?,12-,13?,16?/m1/s1. The van der Waals surface area contributed by atoms with E-state index in [1.54, 1.807) is 0 Å². The Morgan fingerprint density at radius 3 is 2.47 bits per heavy atom. The average molecular weight is 264 g/mol. The Bertz CT molecular complexity index is 392. The zero-order valence-corrected chi connectivity index (χ0v) is 12.8. The van der Waals surface area contributed by atoms with Gasteiger partial charge in [0.1, 0.15) is 0 Å². The third kappa shape index (κ3) is 1.77. The number of carbonyl (C=O) groups is 1. The fourth-order valence-corrected chi connectivity index (χ4v) is 4.86. The first-order chi connectivity index (χ1) is 8.86. The fraction of sp³-hybridized carbons (Fsp3) is 0.938. The van der Waals surface area contributed by atoms with Crippen molar-refractivity contribution < 1.29 is 4.79 Å². The molecule has 0 aromatic rings. The van der Waals surface area contributed by atoms with Crippen molar-refractivity contribution in [3.63, 3.8) is 0 Å². The SMILES string of the molecule is C[C@@H]1CNC[C@H]1C(=O)NC1CC2CCC1(C)C2(C)C. The van der Waals surface area contributed by atoms with Gasteiger partial charge in [-0.3, -0.25) is 4.79 Å². The van der Waals surface area contributed by atoms with Crippen molar-refractivity contribution in [3.05, 3.63) is 0 Å². The van der Waals surface area contributed by atoms with E-state index in [0.29, 0.717) is 22.8 Å². The summed E-state index contributed by atoms with van der Waals surface area (Å²) in [5.41, 5.74) is 0.674. The van der Waals surface area contributed by atoms with Crippen LogP contribution >= 0.6 is 0 Å². The van der Waals surface area contributed by atoms with Crippen molar-refractivity contribution >= 4 is 5.91 Å². The third-order valence-electron chi connectivity index (χ3n) is 6.96. The lowest BCUT2D eigenvalue weighted by Gasteiger charge is -2.40. The number of carbonyl (C=O) groups excluding carboxylic acids is 1. The van der Waals surface area contributed by atoms with Crippen molar-refractivity contribution in [1.82, 2.24) is 10.6 Å². The van der Waals surface area contributed by atoms with Gasteiger partial charge >= 0.3 is 0 Å². The molecule has 1 aliphatic heterocycles. The molecule has 3 heteroatoms. The number of rotatable bonds is 2. The van der Waals surface area contributed by atoms with Crippen LogP contribution in [0.4, 0.5) is 0 Å². The number of amides is 1. The molecule has 2 bridgehead atoms. The van der Waals surface area contributed by atoms with E-state index >= 15 is 0 Å². The maximum Gasteiger partial charge on any atom is 0.224 e. The van der Waals surface area contributed by atoms with Crippen molar-refractivity contribution in [1.29, 1.82) is 0 Å². The smallest absolute Gasteiger partial charge is 0.224 e. The first kappa shape index (κ1) is 13.4. The Kier molecular flexibility index (Phi) is 2.97. The van der Waals surface area contributed by atoms with Crippen LogP contribution in [-0.2, 0) is 4.79 Å². The van der Waals surface area contributed by atoms with Crippen LogP contribution in [0.15, 0.2) is 0 Å². The molecule has 3 fully saturated rings. The minimum absolute atomic E-state index is 0.172. The topological polar surface area (TPSA) is 41.1 Å². The van der Waals surface area contributed by atoms with Gasteiger partial charge in [0.2, 0.25) is 5.91 Å². The molecule has 0 radical (unpaired) electrons. The average Bonchev–Trinajstić information content (AvgIpc) is 2.90. The second-order valence-electron chi connectivity index (χ2n) is 7.91. The van der Waals surface area contributed by atoms with E-state index in [1.165, 1.54) is 19.3 Å². The number of fused-ring (bicyclic) bond motifs is 2. The monoisotopic (exact) mass is 264 g/mol. The largest absolute Gasteiger partial charge is 0.353 e. The van der Waals surface area contributed by atoms with Gasteiger partial charge in [-0.15, -0.1) is 0 Å². The summed E-state index contributed by atoms with van der Waals surface area (Å²) in [7, 11) is 0. The molecule has 0 spiro atoms. The van der Waals surface area contributed by atoms with E-state index in [9.17, 15) is 4.79 Å². The Hall–Kier alpha value is -0.570. The molecule has 19 heavy (non-hydrogen) atoms. The second kappa shape index (κ2) is 4.21. The van der Waals surface area contributed by atoms with Crippen molar-refractivity contribution in [2.75, 3.05) is 13.1 Å². The zero-order valence-electron chi connectivity index (χ0n) is 12.8. The van der Waals surface area contributed by atoms with Crippen LogP contribution in [0.5, 0.6) is 0 Å². The summed E-state index contributed by atoms with van der Waals surface area (Å²) < 4.78 is 0. The van der Waals surface area contributed by atoms with Crippen LogP contribution in [0.1, 0.15) is 47.0 Å². The Morgan fingerprint density at radius 2 is 2.00 bits per heavy atom. The summed E-state index contributed by atoms with van der Waals surface area (Å²) in [4.78, 5) is 12.5. The van der Waals surface area contributed by atoms with Gasteiger partial charge in [-0.2, -0.15) is 0 Å². The molecule has 2 aliphatic carbocycles. The minimum atomic E-state index is 0.172. The van der Waals surface area contributed by atoms with E-state index in [1.807, 2.05) is 0 Å². The van der Waals surface area contributed by atoms with Crippen LogP contribution in [0, 0.1) is 28.6 Å². The van der Waals surface area contributed by atoms with Crippen molar-refractivity contribution in [2.24, 2.45) is 28.6 Å². The van der Waals surface area contributed by atoms with Gasteiger partial charge in [0, 0.05) is 12.6 Å². The molecule has 1 saturated heterocycles. The van der Waals surface area contributed by atoms with Gasteiger partial charge in [0.25, 0.3) is 0 Å². The fourth-order valence-electron chi connectivity index (χ4n) is 4.86. The van der Waals surface area contributed by atoms with E-state index in [0.717, 1.165) is 19.0 Å². The molecule has 3 aliphatic rings. The molecule has 0 aromatic heterocycles. The van der Waals surface area contributed by atoms with Crippen LogP contribution < -0.4 is 10.6 Å². The molecule has 0 aromatic carbocycles. The molecule has 5 atom stereocenters. The highest BCUT2D eigenvalue weighted by Gasteiger charge is 2.61. The van der Waals surface area contributed by atoms with Crippen LogP contribution in [0.3, 0.4) is 0 Å². The van der Waals surface area contributed by atoms with Gasteiger partial charge in [-0.05, 0) is 48.5 Å². The van der Waals surface area contributed by atoms with Gasteiger partial charge in [0.15, 0.2) is 0 Å². The summed E-state index contributed by atoms with van der Waals surface area (Å²) in [5.74, 6) is 1.72. The summed E-state index contributed by atoms with van der Waals surface area (Å²) in [6.07, 6.45) is 3.80. The van der Waals surface area contributed by atoms with Gasteiger partial charge in [-0.1, -0.05) is 27.7 Å². The molecule has 1 amide bonds. The van der Waals surface area contributed by atoms with Crippen LogP contribution in [-0.4, -0.2) is 25.0 Å². The summed E-state index contributed by atoms with van der Waals surface area (Å²) >= 11 is 0. The van der Waals surface area contributed by atoms with Crippen LogP contribution in [0.25, 0.3) is 0 Å². The number of hydrogen-bond acceptors (Lipinski definition) is 2. The van der Waals surface area contributed by atoms with E-state index < -0.39 is 0 Å². The molecule has 1 heterocycles. The summed E-state index contributed by atoms with van der Waals surface area (Å²) in [6, 6.07) is 0.390. The molecule has 3 rings (SSSR count). The molecule has 2 saturated carbocycles. The van der Waals surface area contributed by atoms with Gasteiger partial charge < -0.3 is 10.6 Å². The summed E-state index contributed by atoms with van der Waals surface area (Å²) in [5, 5.41) is 6.73. The van der Waals surface area contributed by atoms with E-state index in [2.05, 4.69) is 38.3 Å². The lowest BCUT2D eigenvalue weighted by atomic mass is 9.69. The predicted molar refractivity (Wildman–Crippen MR) is 76.7 cm³/mol. The van der Waals surface area contributed by atoms with Crippen LogP contribution in [0.2, 0.25) is 0 Å². The highest BCUT2D eigenvalue weighted by molar-refractivity contribution is 5.80. The quantitative estimate of drug-likeness (QED) is 0.802. The number of hydrogen-bond donors (Lipinski definition) is 2. The van der Waals surface area contributed by atoms with Gasteiger partial charge in [-0.25, -0.2) is 0 Å². The molecule has 3 nitrogen and oxygen atoms in total. The molecular weight excluding hydrogens is 236 g/mol. The van der Waals surface area contributed by atoms with E-state index in [4.69, 9.17) is 0 Å². The molecule has 3 unspecified atom stereocenters. The van der Waals surface area contributed by atoms with Crippen molar-refractivity contribution in [2.45, 2.75) is 53.0 Å². The first-order valence-corrected chi connectivity index (χ1v) is 7.87. The maximum atomic E-state index is 12.5. The Morgan fingerprint density at radius 1 is 1.26 bits per heavy atom. The Balaban J connectivity index is 1.70. The summed E-state index contributed by atoms with van der Waals surface area (Å²) in [6.45, 7) is 11.2. The minimum Gasteiger partial charge on any atom is -0.353 e. The normalized spacial score (nSPS) is 47.6. The molecular formula is C16H28N2O. The molecule has 108 valence electrons. The lowest BCUT2D eigenvalue weighted by Crippen LogP contribution is -2.49. The highest BCUT2D eigenvalue weighted by atomic mass is 16.2. The number of nitrogens with one attached hydrogen (secondary N) is 2. The van der Waals surface area contributed by atoms with E-state index in [-0.39, 0.29) is 11.8 Å².